The van der Waals surface area contributed by atoms with Gasteiger partial charge in [-0.2, -0.15) is 0 Å². The Morgan fingerprint density at radius 3 is 2.59 bits per heavy atom. The van der Waals surface area contributed by atoms with Crippen LogP contribution in [0.4, 0.5) is 17.1 Å². The number of para-hydroxylation sites is 2. The van der Waals surface area contributed by atoms with Crippen LogP contribution in [-0.2, 0) is 21.7 Å². The lowest BCUT2D eigenvalue weighted by atomic mass is 9.83. The molecule has 8 heteroatoms. The summed E-state index contributed by atoms with van der Waals surface area (Å²) in [5.41, 5.74) is 1.72. The van der Waals surface area contributed by atoms with Gasteiger partial charge in [0.2, 0.25) is 0 Å². The Kier molecular flexibility index (Phi) is 6.90. The highest BCUT2D eigenvalue weighted by Crippen LogP contribution is 2.47. The minimum absolute atomic E-state index is 0.00147. The third-order valence-electron chi connectivity index (χ3n) is 6.85. The molecule has 37 heavy (non-hydrogen) atoms. The first-order valence-corrected chi connectivity index (χ1v) is 12.9. The van der Waals surface area contributed by atoms with E-state index in [9.17, 15) is 14.7 Å². The summed E-state index contributed by atoms with van der Waals surface area (Å²) in [6.45, 7) is 2.03. The van der Waals surface area contributed by atoms with E-state index in [0.29, 0.717) is 34.8 Å². The number of hydrogen-bond acceptors (Lipinski definition) is 5. The maximum Gasteiger partial charge on any atom is 0.269 e. The number of carbonyl (C=O) groups is 2. The van der Waals surface area contributed by atoms with Gasteiger partial charge in [0, 0.05) is 28.2 Å². The lowest BCUT2D eigenvalue weighted by Crippen LogP contribution is -2.44. The summed E-state index contributed by atoms with van der Waals surface area (Å²) in [6.07, 6.45) is 4.00. The number of hydrogen-bond donors (Lipinski definition) is 2. The Morgan fingerprint density at radius 1 is 1.08 bits per heavy atom. The van der Waals surface area contributed by atoms with Crippen LogP contribution in [0.15, 0.2) is 83.4 Å². The number of nitrogens with zero attached hydrogens (tertiary/aromatic N) is 2. The smallest absolute Gasteiger partial charge is 0.269 e. The van der Waals surface area contributed by atoms with Crippen LogP contribution in [0.2, 0.25) is 0 Å². The molecule has 190 valence electrons. The van der Waals surface area contributed by atoms with Crippen LogP contribution in [0.25, 0.3) is 0 Å². The molecule has 2 atom stereocenters. The van der Waals surface area contributed by atoms with Gasteiger partial charge in [0.1, 0.15) is 5.75 Å². The van der Waals surface area contributed by atoms with E-state index in [0.717, 1.165) is 10.0 Å². The summed E-state index contributed by atoms with van der Waals surface area (Å²) in [7, 11) is 0. The molecule has 5 rings (SSSR count). The van der Waals surface area contributed by atoms with Crippen LogP contribution in [0, 0.1) is 5.92 Å². The van der Waals surface area contributed by atoms with Crippen molar-refractivity contribution in [3.05, 3.63) is 94.5 Å². The molecule has 0 saturated heterocycles. The lowest BCUT2D eigenvalue weighted by molar-refractivity contribution is -0.139. The third-order valence-corrected chi connectivity index (χ3v) is 7.35. The number of ether oxygens (including phenoxy) is 1. The predicted molar refractivity (Wildman–Crippen MR) is 145 cm³/mol. The maximum absolute atomic E-state index is 13.7. The third kappa shape index (κ3) is 4.45. The topological polar surface area (TPSA) is 90.3 Å². The van der Waals surface area contributed by atoms with Crippen molar-refractivity contribution in [2.45, 2.75) is 25.5 Å². The van der Waals surface area contributed by atoms with E-state index in [2.05, 4.69) is 15.9 Å². The van der Waals surface area contributed by atoms with E-state index < -0.39 is 17.4 Å². The summed E-state index contributed by atoms with van der Waals surface area (Å²) in [6, 6.07) is 20.3. The predicted octanol–water partition coefficient (Wildman–Crippen LogP) is 4.82. The normalized spacial score (nSPS) is 19.7. The molecule has 0 fully saturated rings. The fourth-order valence-corrected chi connectivity index (χ4v) is 5.27. The van der Waals surface area contributed by atoms with Gasteiger partial charge in [0.15, 0.2) is 12.2 Å². The van der Waals surface area contributed by atoms with Crippen LogP contribution in [0.1, 0.15) is 24.5 Å². The highest BCUT2D eigenvalue weighted by molar-refractivity contribution is 9.10. The summed E-state index contributed by atoms with van der Waals surface area (Å²) in [5.74, 6) is -0.408. The standard InChI is InChI=1S/C29H27BrN2O5/c1-19(6-4-5-15-33)29(36)23-16-21(30)11-14-24(23)31(28(29)35)17-20-9-12-22(13-10-20)32-25-7-2-3-8-26(25)37-18-27(32)34/h2-4,6-14,16,19,33,36H,5,15,17-18H2,1H3/b6-4+/t19-,29+/m0/s1. The van der Waals surface area contributed by atoms with Crippen molar-refractivity contribution in [1.82, 2.24) is 0 Å². The van der Waals surface area contributed by atoms with Gasteiger partial charge in [0.25, 0.3) is 11.8 Å². The molecule has 7 nitrogen and oxygen atoms in total. The monoisotopic (exact) mass is 562 g/mol. The van der Waals surface area contributed by atoms with Crippen molar-refractivity contribution in [3.8, 4) is 5.75 Å². The number of aliphatic hydroxyl groups excluding tert-OH is 1. The number of carbonyl (C=O) groups excluding carboxylic acids is 2. The van der Waals surface area contributed by atoms with E-state index in [4.69, 9.17) is 9.84 Å². The first-order valence-electron chi connectivity index (χ1n) is 12.1. The molecule has 0 unspecified atom stereocenters. The average Bonchev–Trinajstić information content (AvgIpc) is 3.11. The molecule has 2 N–H and O–H groups in total. The van der Waals surface area contributed by atoms with Crippen LogP contribution >= 0.6 is 15.9 Å². The number of benzene rings is 3. The zero-order chi connectivity index (χ0) is 26.2. The van der Waals surface area contributed by atoms with E-state index in [1.54, 1.807) is 34.9 Å². The van der Waals surface area contributed by atoms with Gasteiger partial charge in [-0.05, 0) is 54.4 Å². The first kappa shape index (κ1) is 25.2. The molecule has 0 saturated carbocycles. The van der Waals surface area contributed by atoms with Crippen LogP contribution < -0.4 is 14.5 Å². The number of halogens is 1. The van der Waals surface area contributed by atoms with E-state index >= 15 is 0 Å². The van der Waals surface area contributed by atoms with Crippen LogP contribution in [0.3, 0.4) is 0 Å². The average molecular weight is 563 g/mol. The van der Waals surface area contributed by atoms with Crippen molar-refractivity contribution < 1.29 is 24.5 Å². The minimum Gasteiger partial charge on any atom is -0.482 e. The second-order valence-corrected chi connectivity index (χ2v) is 10.1. The van der Waals surface area contributed by atoms with Crippen LogP contribution in [0.5, 0.6) is 5.75 Å². The molecular formula is C29H27BrN2O5. The molecular weight excluding hydrogens is 536 g/mol. The van der Waals surface area contributed by atoms with Gasteiger partial charge in [-0.3, -0.25) is 14.5 Å². The Bertz CT molecular complexity index is 1370. The number of amides is 2. The first-order chi connectivity index (χ1) is 17.8. The molecule has 2 amide bonds. The van der Waals surface area contributed by atoms with Crippen molar-refractivity contribution >= 4 is 44.8 Å². The number of aliphatic hydroxyl groups is 2. The number of rotatable bonds is 7. The molecule has 0 aromatic heterocycles. The molecule has 2 aliphatic rings. The van der Waals surface area contributed by atoms with Crippen LogP contribution in [-0.4, -0.2) is 35.2 Å². The zero-order valence-electron chi connectivity index (χ0n) is 20.3. The Balaban J connectivity index is 1.43. The molecule has 2 heterocycles. The maximum atomic E-state index is 13.7. The van der Waals surface area contributed by atoms with Gasteiger partial charge >= 0.3 is 0 Å². The van der Waals surface area contributed by atoms with Crippen molar-refractivity contribution in [3.63, 3.8) is 0 Å². The van der Waals surface area contributed by atoms with E-state index in [1.807, 2.05) is 60.7 Å². The fourth-order valence-electron chi connectivity index (χ4n) is 4.91. The summed E-state index contributed by atoms with van der Waals surface area (Å²) < 4.78 is 6.31. The van der Waals surface area contributed by atoms with E-state index in [1.165, 1.54) is 0 Å². The fraction of sp³-hybridized carbons (Fsp3) is 0.241. The Labute approximate surface area is 223 Å². The van der Waals surface area contributed by atoms with Crippen molar-refractivity contribution in [2.24, 2.45) is 5.92 Å². The zero-order valence-corrected chi connectivity index (χ0v) is 21.9. The molecule has 0 bridgehead atoms. The summed E-state index contributed by atoms with van der Waals surface area (Å²) in [4.78, 5) is 29.6. The molecule has 3 aromatic carbocycles. The molecule has 2 aliphatic heterocycles. The summed E-state index contributed by atoms with van der Waals surface area (Å²) >= 11 is 3.47. The quantitative estimate of drug-likeness (QED) is 0.403. The molecule has 0 radical (unpaired) electrons. The second kappa shape index (κ2) is 10.1. The number of fused-ring (bicyclic) bond motifs is 2. The van der Waals surface area contributed by atoms with Gasteiger partial charge in [-0.15, -0.1) is 0 Å². The SMILES string of the molecule is C[C@@H](/C=C/CCO)[C@]1(O)C(=O)N(Cc2ccc(N3C(=O)COc4ccccc43)cc2)c2ccc(Br)cc21. The largest absolute Gasteiger partial charge is 0.482 e. The van der Waals surface area contributed by atoms with Gasteiger partial charge < -0.3 is 19.8 Å². The second-order valence-electron chi connectivity index (χ2n) is 9.20. The highest BCUT2D eigenvalue weighted by Gasteiger charge is 2.52. The van der Waals surface area contributed by atoms with Gasteiger partial charge in [0.05, 0.1) is 17.9 Å². The molecule has 0 spiro atoms. The highest BCUT2D eigenvalue weighted by atomic mass is 79.9. The van der Waals surface area contributed by atoms with Gasteiger partial charge in [-0.25, -0.2) is 0 Å². The molecule has 3 aromatic rings. The summed E-state index contributed by atoms with van der Waals surface area (Å²) in [5, 5.41) is 20.8. The Hall–Kier alpha value is -3.46. The van der Waals surface area contributed by atoms with Gasteiger partial charge in [-0.1, -0.05) is 59.3 Å². The lowest BCUT2D eigenvalue weighted by Gasteiger charge is -2.29. The Morgan fingerprint density at radius 2 is 1.84 bits per heavy atom. The van der Waals surface area contributed by atoms with E-state index in [-0.39, 0.29) is 25.7 Å². The van der Waals surface area contributed by atoms with Crippen molar-refractivity contribution in [2.75, 3.05) is 23.0 Å². The minimum atomic E-state index is -1.73. The number of anilines is 3. The van der Waals surface area contributed by atoms with Crippen molar-refractivity contribution in [1.29, 1.82) is 0 Å². The molecule has 0 aliphatic carbocycles.